The summed E-state index contributed by atoms with van der Waals surface area (Å²) in [6.07, 6.45) is 3.10. The molecule has 1 unspecified atom stereocenters. The van der Waals surface area contributed by atoms with Crippen molar-refractivity contribution in [3.63, 3.8) is 0 Å². The zero-order valence-electron chi connectivity index (χ0n) is 13.3. The lowest BCUT2D eigenvalue weighted by atomic mass is 10.0. The number of para-hydroxylation sites is 1. The first-order chi connectivity index (χ1) is 11.6. The molecule has 0 spiro atoms. The Morgan fingerprint density at radius 1 is 1.29 bits per heavy atom. The molecule has 1 amide bonds. The number of likely N-dealkylation sites (tertiary alicyclic amines) is 1. The van der Waals surface area contributed by atoms with E-state index in [1.165, 1.54) is 12.3 Å². The molecule has 1 aromatic carbocycles. The smallest absolute Gasteiger partial charge is 0.354 e. The van der Waals surface area contributed by atoms with E-state index < -0.39 is 5.97 Å². The van der Waals surface area contributed by atoms with Gasteiger partial charge in [-0.2, -0.15) is 0 Å². The van der Waals surface area contributed by atoms with Crippen LogP contribution in [-0.4, -0.2) is 40.5 Å². The number of ether oxygens (including phenoxy) is 1. The molecule has 3 rings (SSSR count). The summed E-state index contributed by atoms with van der Waals surface area (Å²) in [6, 6.07) is 10.5. The largest absolute Gasteiger partial charge is 0.496 e. The number of aromatic carboxylic acids is 1. The monoisotopic (exact) mass is 326 g/mol. The average Bonchev–Trinajstić information content (AvgIpc) is 3.10. The van der Waals surface area contributed by atoms with Gasteiger partial charge in [0, 0.05) is 23.9 Å². The number of aromatic nitrogens is 1. The summed E-state index contributed by atoms with van der Waals surface area (Å²) in [5.41, 5.74) is 1.18. The molecule has 6 nitrogen and oxygen atoms in total. The van der Waals surface area contributed by atoms with Gasteiger partial charge in [-0.1, -0.05) is 18.2 Å². The third-order valence-electron chi connectivity index (χ3n) is 4.24. The van der Waals surface area contributed by atoms with Crippen molar-refractivity contribution in [3.8, 4) is 5.75 Å². The number of hydrogen-bond acceptors (Lipinski definition) is 4. The van der Waals surface area contributed by atoms with Crippen molar-refractivity contribution in [2.75, 3.05) is 13.7 Å². The Labute approximate surface area is 139 Å². The van der Waals surface area contributed by atoms with Crippen molar-refractivity contribution in [2.45, 2.75) is 18.9 Å². The summed E-state index contributed by atoms with van der Waals surface area (Å²) in [4.78, 5) is 29.5. The Kier molecular flexibility index (Phi) is 4.46. The number of methoxy groups -OCH3 is 1. The molecule has 24 heavy (non-hydrogen) atoms. The molecule has 1 saturated heterocycles. The maximum absolute atomic E-state index is 12.9. The van der Waals surface area contributed by atoms with Crippen LogP contribution in [0.2, 0.25) is 0 Å². The summed E-state index contributed by atoms with van der Waals surface area (Å²) in [5.74, 6) is -0.580. The Morgan fingerprint density at radius 3 is 2.83 bits per heavy atom. The van der Waals surface area contributed by atoms with Gasteiger partial charge in [-0.25, -0.2) is 9.78 Å². The zero-order valence-corrected chi connectivity index (χ0v) is 13.3. The minimum atomic E-state index is -1.15. The van der Waals surface area contributed by atoms with Gasteiger partial charge in [0.2, 0.25) is 0 Å². The number of pyridine rings is 1. The molecule has 0 aliphatic carbocycles. The summed E-state index contributed by atoms with van der Waals surface area (Å²) >= 11 is 0. The van der Waals surface area contributed by atoms with E-state index in [1.54, 1.807) is 18.1 Å². The number of carbonyl (C=O) groups is 2. The summed E-state index contributed by atoms with van der Waals surface area (Å²) in [5, 5.41) is 9.05. The minimum Gasteiger partial charge on any atom is -0.496 e. The molecule has 1 aromatic heterocycles. The molecule has 2 heterocycles. The molecule has 0 saturated carbocycles. The molecule has 6 heteroatoms. The van der Waals surface area contributed by atoms with E-state index in [2.05, 4.69) is 4.98 Å². The number of carboxylic acids is 1. The Bertz CT molecular complexity index is 775. The normalized spacial score (nSPS) is 16.9. The Morgan fingerprint density at radius 2 is 2.08 bits per heavy atom. The van der Waals surface area contributed by atoms with Gasteiger partial charge in [0.25, 0.3) is 5.91 Å². The predicted molar refractivity (Wildman–Crippen MR) is 87.2 cm³/mol. The number of carboxylic acid groups (broad SMARTS) is 1. The second-order valence-corrected chi connectivity index (χ2v) is 5.63. The quantitative estimate of drug-likeness (QED) is 0.934. The van der Waals surface area contributed by atoms with Crippen molar-refractivity contribution in [3.05, 3.63) is 59.4 Å². The highest BCUT2D eigenvalue weighted by Gasteiger charge is 2.32. The minimum absolute atomic E-state index is 0.0740. The van der Waals surface area contributed by atoms with Crippen molar-refractivity contribution in [1.82, 2.24) is 9.88 Å². The van der Waals surface area contributed by atoms with Crippen LogP contribution >= 0.6 is 0 Å². The van der Waals surface area contributed by atoms with Crippen LogP contribution in [0.1, 0.15) is 45.3 Å². The maximum Gasteiger partial charge on any atom is 0.354 e. The number of benzene rings is 1. The fourth-order valence-electron chi connectivity index (χ4n) is 3.12. The van der Waals surface area contributed by atoms with Crippen LogP contribution in [0.5, 0.6) is 5.75 Å². The highest BCUT2D eigenvalue weighted by molar-refractivity contribution is 5.97. The van der Waals surface area contributed by atoms with Gasteiger partial charge in [-0.05, 0) is 31.0 Å². The van der Waals surface area contributed by atoms with E-state index in [-0.39, 0.29) is 17.6 Å². The molecule has 124 valence electrons. The first kappa shape index (κ1) is 16.0. The second-order valence-electron chi connectivity index (χ2n) is 5.63. The molecule has 1 aliphatic heterocycles. The molecule has 1 aliphatic rings. The summed E-state index contributed by atoms with van der Waals surface area (Å²) in [7, 11) is 1.61. The van der Waals surface area contributed by atoms with E-state index in [0.29, 0.717) is 12.1 Å². The Hall–Kier alpha value is -2.89. The molecule has 1 atom stereocenters. The predicted octanol–water partition coefficient (Wildman–Crippen LogP) is 2.77. The van der Waals surface area contributed by atoms with E-state index in [9.17, 15) is 9.59 Å². The standard InChI is InChI=1S/C18H18N2O4/c1-24-16-7-3-2-5-13(16)15-6-4-10-20(15)17(21)12-8-9-19-14(11-12)18(22)23/h2-3,5,7-9,11,15H,4,6,10H2,1H3,(H,22,23). The first-order valence-corrected chi connectivity index (χ1v) is 7.75. The second kappa shape index (κ2) is 6.70. The van der Waals surface area contributed by atoms with E-state index in [4.69, 9.17) is 9.84 Å². The van der Waals surface area contributed by atoms with E-state index in [1.807, 2.05) is 24.3 Å². The lowest BCUT2D eigenvalue weighted by Gasteiger charge is -2.26. The highest BCUT2D eigenvalue weighted by atomic mass is 16.5. The fourth-order valence-corrected chi connectivity index (χ4v) is 3.12. The first-order valence-electron chi connectivity index (χ1n) is 7.75. The fraction of sp³-hybridized carbons (Fsp3) is 0.278. The molecule has 1 N–H and O–H groups in total. The van der Waals surface area contributed by atoms with Gasteiger partial charge >= 0.3 is 5.97 Å². The van der Waals surface area contributed by atoms with Crippen molar-refractivity contribution in [1.29, 1.82) is 0 Å². The third-order valence-corrected chi connectivity index (χ3v) is 4.24. The zero-order chi connectivity index (χ0) is 17.1. The molecular weight excluding hydrogens is 308 g/mol. The van der Waals surface area contributed by atoms with Crippen LogP contribution in [0.4, 0.5) is 0 Å². The van der Waals surface area contributed by atoms with Gasteiger partial charge in [-0.15, -0.1) is 0 Å². The molecule has 0 radical (unpaired) electrons. The molecule has 2 aromatic rings. The van der Waals surface area contributed by atoms with Crippen molar-refractivity contribution >= 4 is 11.9 Å². The number of carbonyl (C=O) groups excluding carboxylic acids is 1. The van der Waals surface area contributed by atoms with E-state index in [0.717, 1.165) is 24.2 Å². The van der Waals surface area contributed by atoms with Gasteiger partial charge < -0.3 is 14.7 Å². The van der Waals surface area contributed by atoms with Crippen molar-refractivity contribution in [2.24, 2.45) is 0 Å². The van der Waals surface area contributed by atoms with Crippen LogP contribution in [0.15, 0.2) is 42.6 Å². The lowest BCUT2D eigenvalue weighted by molar-refractivity contribution is 0.0690. The van der Waals surface area contributed by atoms with Crippen LogP contribution < -0.4 is 4.74 Å². The topological polar surface area (TPSA) is 79.7 Å². The summed E-state index contributed by atoms with van der Waals surface area (Å²) < 4.78 is 5.42. The summed E-state index contributed by atoms with van der Waals surface area (Å²) in [6.45, 7) is 0.631. The number of amides is 1. The number of hydrogen-bond donors (Lipinski definition) is 1. The van der Waals surface area contributed by atoms with Gasteiger partial charge in [-0.3, -0.25) is 4.79 Å². The highest BCUT2D eigenvalue weighted by Crippen LogP contribution is 2.37. The third kappa shape index (κ3) is 2.95. The number of nitrogens with zero attached hydrogens (tertiary/aromatic N) is 2. The average molecular weight is 326 g/mol. The lowest BCUT2D eigenvalue weighted by Crippen LogP contribution is -2.31. The molecule has 1 fully saturated rings. The van der Waals surface area contributed by atoms with Crippen LogP contribution in [0.25, 0.3) is 0 Å². The van der Waals surface area contributed by atoms with Gasteiger partial charge in [0.15, 0.2) is 0 Å². The van der Waals surface area contributed by atoms with Crippen molar-refractivity contribution < 1.29 is 19.4 Å². The van der Waals surface area contributed by atoms with Crippen LogP contribution in [-0.2, 0) is 0 Å². The molecular formula is C18H18N2O4. The maximum atomic E-state index is 12.9. The molecule has 0 bridgehead atoms. The van der Waals surface area contributed by atoms with Crippen LogP contribution in [0.3, 0.4) is 0 Å². The Balaban J connectivity index is 1.92. The van der Waals surface area contributed by atoms with Gasteiger partial charge in [0.1, 0.15) is 11.4 Å². The van der Waals surface area contributed by atoms with E-state index >= 15 is 0 Å². The van der Waals surface area contributed by atoms with Gasteiger partial charge in [0.05, 0.1) is 13.2 Å². The SMILES string of the molecule is COc1ccccc1C1CCCN1C(=O)c1ccnc(C(=O)O)c1. The number of rotatable bonds is 4. The van der Waals surface area contributed by atoms with Crippen LogP contribution in [0, 0.1) is 0 Å².